The van der Waals surface area contributed by atoms with E-state index in [0.717, 1.165) is 11.8 Å². The number of hydrogen-bond acceptors (Lipinski definition) is 3. The van der Waals surface area contributed by atoms with E-state index in [2.05, 4.69) is 28.9 Å². The lowest BCUT2D eigenvalue weighted by atomic mass is 9.58. The Morgan fingerprint density at radius 2 is 1.76 bits per heavy atom. The summed E-state index contributed by atoms with van der Waals surface area (Å²) in [6, 6.07) is 0. The third kappa shape index (κ3) is 2.52. The Balaban J connectivity index is 1.36. The monoisotopic (exact) mass is 254 g/mol. The van der Waals surface area contributed by atoms with Crippen LogP contribution in [0.4, 0.5) is 0 Å². The summed E-state index contributed by atoms with van der Waals surface area (Å²) < 4.78 is 2.17. The Hall–Kier alpha value is 0.270. The lowest BCUT2D eigenvalue weighted by molar-refractivity contribution is -0.0594. The van der Waals surface area contributed by atoms with Gasteiger partial charge in [-0.25, -0.2) is 0 Å². The summed E-state index contributed by atoms with van der Waals surface area (Å²) in [4.78, 5) is 2.72. The molecule has 98 valence electrons. The van der Waals surface area contributed by atoms with Gasteiger partial charge in [0.05, 0.1) is 0 Å². The van der Waals surface area contributed by atoms with Crippen LogP contribution in [0.25, 0.3) is 0 Å². The van der Waals surface area contributed by atoms with Crippen molar-refractivity contribution in [2.24, 2.45) is 17.3 Å². The van der Waals surface area contributed by atoms with E-state index in [1.165, 1.54) is 64.8 Å². The molecule has 2 nitrogen and oxygen atoms in total. The van der Waals surface area contributed by atoms with E-state index in [4.69, 9.17) is 0 Å². The maximum absolute atomic E-state index is 4.39. The highest BCUT2D eigenvalue weighted by atomic mass is 32.1. The number of likely N-dealkylation sites (tertiary alicyclic amines) is 1. The lowest BCUT2D eigenvalue weighted by Crippen LogP contribution is -2.60. The molecule has 0 atom stereocenters. The van der Waals surface area contributed by atoms with Crippen LogP contribution in [0, 0.1) is 17.3 Å². The highest BCUT2D eigenvalue weighted by molar-refractivity contribution is 7.77. The fourth-order valence-electron chi connectivity index (χ4n) is 4.22. The van der Waals surface area contributed by atoms with Gasteiger partial charge in [-0.2, -0.15) is 0 Å². The summed E-state index contributed by atoms with van der Waals surface area (Å²) >= 11 is 4.39. The van der Waals surface area contributed by atoms with Crippen LogP contribution in [0.5, 0.6) is 0 Å². The Morgan fingerprint density at radius 3 is 2.29 bits per heavy atom. The molecule has 2 saturated heterocycles. The average Bonchev–Trinajstić information content (AvgIpc) is 2.25. The second kappa shape index (κ2) is 4.75. The van der Waals surface area contributed by atoms with E-state index in [1.807, 2.05) is 0 Å². The van der Waals surface area contributed by atoms with Gasteiger partial charge in [-0.1, -0.05) is 26.2 Å². The second-order valence-electron chi connectivity index (χ2n) is 6.75. The van der Waals surface area contributed by atoms with Gasteiger partial charge >= 0.3 is 0 Å². The predicted octanol–water partition coefficient (Wildman–Crippen LogP) is 2.67. The molecule has 0 amide bonds. The third-order valence-electron chi connectivity index (χ3n) is 5.28. The molecule has 1 saturated carbocycles. The van der Waals surface area contributed by atoms with Gasteiger partial charge in [0, 0.05) is 19.6 Å². The van der Waals surface area contributed by atoms with Crippen LogP contribution in [0.2, 0.25) is 0 Å². The Kier molecular flexibility index (Phi) is 3.44. The van der Waals surface area contributed by atoms with Gasteiger partial charge < -0.3 is 4.90 Å². The molecule has 0 bridgehead atoms. The highest BCUT2D eigenvalue weighted by Crippen LogP contribution is 2.52. The number of nitrogens with zero attached hydrogens (tertiary/aromatic N) is 2. The maximum Gasteiger partial charge on any atom is 0.0157 e. The standard InChI is InChI=1S/C14H26N2S/c1-2-12-3-5-15(6-4-12)9-13-7-14(8-13)10-16(17)11-14/h12-13,17H,2-11H2,1H3. The molecule has 1 aliphatic carbocycles. The number of hydrogen-bond donors (Lipinski definition) is 1. The van der Waals surface area contributed by atoms with E-state index >= 15 is 0 Å². The van der Waals surface area contributed by atoms with Crippen LogP contribution >= 0.6 is 12.8 Å². The first-order valence-electron chi connectivity index (χ1n) is 7.35. The van der Waals surface area contributed by atoms with Gasteiger partial charge in [0.15, 0.2) is 0 Å². The van der Waals surface area contributed by atoms with Gasteiger partial charge in [0.1, 0.15) is 0 Å². The van der Waals surface area contributed by atoms with Crippen LogP contribution in [-0.2, 0) is 0 Å². The number of piperidine rings is 1. The van der Waals surface area contributed by atoms with Crippen LogP contribution < -0.4 is 0 Å². The zero-order valence-corrected chi connectivity index (χ0v) is 12.0. The van der Waals surface area contributed by atoms with Crippen LogP contribution in [-0.4, -0.2) is 41.9 Å². The summed E-state index contributed by atoms with van der Waals surface area (Å²) in [6.45, 7) is 8.93. The molecular formula is C14H26N2S. The normalized spacial score (nSPS) is 31.4. The Morgan fingerprint density at radius 1 is 1.12 bits per heavy atom. The molecule has 0 unspecified atom stereocenters. The molecule has 2 aliphatic heterocycles. The summed E-state index contributed by atoms with van der Waals surface area (Å²) in [5.74, 6) is 2.01. The van der Waals surface area contributed by atoms with Crippen molar-refractivity contribution in [3.05, 3.63) is 0 Å². The Labute approximate surface area is 111 Å². The van der Waals surface area contributed by atoms with E-state index in [0.29, 0.717) is 5.41 Å². The molecular weight excluding hydrogens is 228 g/mol. The molecule has 0 aromatic rings. The summed E-state index contributed by atoms with van der Waals surface area (Å²) in [5.41, 5.74) is 0.703. The van der Waals surface area contributed by atoms with E-state index in [1.54, 1.807) is 0 Å². The SMILES string of the molecule is CCC1CCN(CC2CC3(C2)CN(S)C3)CC1. The van der Waals surface area contributed by atoms with E-state index in [9.17, 15) is 0 Å². The minimum absolute atomic E-state index is 0.703. The van der Waals surface area contributed by atoms with E-state index in [-0.39, 0.29) is 0 Å². The fourth-order valence-corrected chi connectivity index (χ4v) is 4.82. The lowest BCUT2D eigenvalue weighted by Gasteiger charge is -2.58. The van der Waals surface area contributed by atoms with Crippen LogP contribution in [0.15, 0.2) is 0 Å². The van der Waals surface area contributed by atoms with Crippen LogP contribution in [0.1, 0.15) is 39.0 Å². The number of rotatable bonds is 3. The molecule has 0 aromatic carbocycles. The topological polar surface area (TPSA) is 6.48 Å². The fraction of sp³-hybridized carbons (Fsp3) is 1.00. The molecule has 1 spiro atoms. The zero-order valence-electron chi connectivity index (χ0n) is 11.1. The van der Waals surface area contributed by atoms with Crippen molar-refractivity contribution < 1.29 is 0 Å². The van der Waals surface area contributed by atoms with Gasteiger partial charge in [-0.3, -0.25) is 4.31 Å². The van der Waals surface area contributed by atoms with Crippen molar-refractivity contribution >= 4 is 12.8 Å². The summed E-state index contributed by atoms with van der Waals surface area (Å²) in [7, 11) is 0. The van der Waals surface area contributed by atoms with Crippen molar-refractivity contribution in [2.75, 3.05) is 32.7 Å². The molecule has 0 N–H and O–H groups in total. The van der Waals surface area contributed by atoms with Gasteiger partial charge in [-0.05, 0) is 56.0 Å². The minimum atomic E-state index is 0.703. The second-order valence-corrected chi connectivity index (χ2v) is 7.31. The molecule has 0 radical (unpaired) electrons. The van der Waals surface area contributed by atoms with Gasteiger partial charge in [0.25, 0.3) is 0 Å². The maximum atomic E-state index is 4.39. The molecule has 0 aromatic heterocycles. The minimum Gasteiger partial charge on any atom is -0.303 e. The highest BCUT2D eigenvalue weighted by Gasteiger charge is 2.51. The molecule has 3 rings (SSSR count). The van der Waals surface area contributed by atoms with Gasteiger partial charge in [0.2, 0.25) is 0 Å². The van der Waals surface area contributed by atoms with E-state index < -0.39 is 0 Å². The molecule has 3 aliphatic rings. The van der Waals surface area contributed by atoms with Crippen molar-refractivity contribution in [1.82, 2.24) is 9.21 Å². The van der Waals surface area contributed by atoms with Crippen LogP contribution in [0.3, 0.4) is 0 Å². The molecule has 3 fully saturated rings. The molecule has 2 heterocycles. The first kappa shape index (κ1) is 12.3. The van der Waals surface area contributed by atoms with Crippen molar-refractivity contribution in [3.63, 3.8) is 0 Å². The first-order valence-corrected chi connectivity index (χ1v) is 7.75. The third-order valence-corrected chi connectivity index (χ3v) is 5.56. The predicted molar refractivity (Wildman–Crippen MR) is 75.2 cm³/mol. The first-order chi connectivity index (χ1) is 8.19. The van der Waals surface area contributed by atoms with Crippen molar-refractivity contribution in [2.45, 2.75) is 39.0 Å². The Bertz CT molecular complexity index is 259. The zero-order chi connectivity index (χ0) is 11.9. The van der Waals surface area contributed by atoms with Crippen molar-refractivity contribution in [3.8, 4) is 0 Å². The summed E-state index contributed by atoms with van der Waals surface area (Å²) in [5, 5.41) is 0. The molecule has 3 heteroatoms. The summed E-state index contributed by atoms with van der Waals surface area (Å²) in [6.07, 6.45) is 7.21. The van der Waals surface area contributed by atoms with Crippen molar-refractivity contribution in [1.29, 1.82) is 0 Å². The largest absolute Gasteiger partial charge is 0.303 e. The van der Waals surface area contributed by atoms with Gasteiger partial charge in [-0.15, -0.1) is 0 Å². The quantitative estimate of drug-likeness (QED) is 0.774. The average molecular weight is 254 g/mol. The number of thiol groups is 1. The smallest absolute Gasteiger partial charge is 0.0157 e. The molecule has 17 heavy (non-hydrogen) atoms.